The normalized spacial score (nSPS) is 19.6. The number of hydrogen-bond acceptors (Lipinski definition) is 4. The van der Waals surface area contributed by atoms with Crippen molar-refractivity contribution in [3.63, 3.8) is 0 Å². The number of carboxylic acid groups (broad SMARTS) is 1. The largest absolute Gasteiger partial charge is 0.481 e. The molecule has 2 amide bonds. The number of amides is 2. The number of benzene rings is 2. The average molecular weight is 479 g/mol. The zero-order chi connectivity index (χ0) is 25.2. The molecule has 0 aromatic heterocycles. The van der Waals surface area contributed by atoms with Crippen molar-refractivity contribution in [2.75, 3.05) is 6.61 Å². The van der Waals surface area contributed by atoms with Crippen LogP contribution in [-0.4, -0.2) is 41.8 Å². The van der Waals surface area contributed by atoms with Crippen molar-refractivity contribution >= 4 is 18.0 Å². The van der Waals surface area contributed by atoms with E-state index < -0.39 is 18.1 Å². The molecule has 0 spiro atoms. The summed E-state index contributed by atoms with van der Waals surface area (Å²) in [6, 6.07) is 16.0. The van der Waals surface area contributed by atoms with Gasteiger partial charge >= 0.3 is 12.1 Å². The van der Waals surface area contributed by atoms with Crippen molar-refractivity contribution in [3.05, 3.63) is 59.7 Å². The molecule has 3 N–H and O–H groups in total. The third kappa shape index (κ3) is 5.84. The van der Waals surface area contributed by atoms with Crippen molar-refractivity contribution in [1.29, 1.82) is 0 Å². The fraction of sp³-hybridized carbons (Fsp3) is 0.464. The zero-order valence-corrected chi connectivity index (χ0v) is 20.5. The topological polar surface area (TPSA) is 105 Å². The van der Waals surface area contributed by atoms with E-state index >= 15 is 0 Å². The van der Waals surface area contributed by atoms with Gasteiger partial charge in [0, 0.05) is 24.4 Å². The number of carbonyl (C=O) groups excluding carboxylic acids is 2. The highest BCUT2D eigenvalue weighted by Gasteiger charge is 2.35. The molecule has 1 unspecified atom stereocenters. The molecule has 186 valence electrons. The van der Waals surface area contributed by atoms with Gasteiger partial charge in [-0.25, -0.2) is 4.79 Å². The highest BCUT2D eigenvalue weighted by molar-refractivity contribution is 5.79. The number of aliphatic carboxylic acids is 1. The first-order valence-corrected chi connectivity index (χ1v) is 12.2. The summed E-state index contributed by atoms with van der Waals surface area (Å²) in [5, 5.41) is 14.9. The Hall–Kier alpha value is -3.35. The molecule has 0 heterocycles. The van der Waals surface area contributed by atoms with Crippen molar-refractivity contribution in [2.45, 2.75) is 64.5 Å². The van der Waals surface area contributed by atoms with Gasteiger partial charge in [0.1, 0.15) is 6.61 Å². The number of fused-ring (bicyclic) bond motifs is 3. The number of hydrogen-bond donors (Lipinski definition) is 3. The lowest BCUT2D eigenvalue weighted by Crippen LogP contribution is -2.48. The van der Waals surface area contributed by atoms with Gasteiger partial charge in [-0.15, -0.1) is 0 Å². The first kappa shape index (κ1) is 24.8. The summed E-state index contributed by atoms with van der Waals surface area (Å²) in [7, 11) is 0. The summed E-state index contributed by atoms with van der Waals surface area (Å²) < 4.78 is 5.60. The van der Waals surface area contributed by atoms with Crippen molar-refractivity contribution in [2.24, 2.45) is 11.3 Å². The molecule has 1 saturated carbocycles. The number of alkyl carbamates (subject to hydrolysis) is 1. The number of nitrogens with one attached hydrogen (secondary N) is 2. The Morgan fingerprint density at radius 1 is 1.00 bits per heavy atom. The Kier molecular flexibility index (Phi) is 7.15. The van der Waals surface area contributed by atoms with E-state index in [1.807, 2.05) is 45.0 Å². The molecule has 0 saturated heterocycles. The van der Waals surface area contributed by atoms with Gasteiger partial charge in [-0.05, 0) is 46.4 Å². The summed E-state index contributed by atoms with van der Waals surface area (Å²) in [4.78, 5) is 36.0. The Balaban J connectivity index is 1.22. The van der Waals surface area contributed by atoms with Crippen molar-refractivity contribution in [1.82, 2.24) is 10.6 Å². The summed E-state index contributed by atoms with van der Waals surface area (Å²) >= 11 is 0. The minimum absolute atomic E-state index is 0.0131. The summed E-state index contributed by atoms with van der Waals surface area (Å²) in [6.45, 7) is 6.02. The minimum Gasteiger partial charge on any atom is -0.481 e. The molecule has 7 heteroatoms. The monoisotopic (exact) mass is 478 g/mol. The molecule has 2 aliphatic carbocycles. The molecule has 2 aromatic rings. The van der Waals surface area contributed by atoms with Crippen molar-refractivity contribution in [3.8, 4) is 11.1 Å². The van der Waals surface area contributed by atoms with E-state index in [0.29, 0.717) is 19.3 Å². The highest BCUT2D eigenvalue weighted by Crippen LogP contribution is 2.44. The van der Waals surface area contributed by atoms with Gasteiger partial charge in [0.25, 0.3) is 0 Å². The second kappa shape index (κ2) is 10.1. The summed E-state index contributed by atoms with van der Waals surface area (Å²) in [6.07, 6.45) is 1.20. The van der Waals surface area contributed by atoms with Gasteiger partial charge in [-0.1, -0.05) is 69.3 Å². The fourth-order valence-electron chi connectivity index (χ4n) is 5.09. The number of ether oxygens (including phenoxy) is 1. The lowest BCUT2D eigenvalue weighted by Gasteiger charge is -2.36. The summed E-state index contributed by atoms with van der Waals surface area (Å²) in [5.41, 5.74) is 4.38. The van der Waals surface area contributed by atoms with E-state index in [2.05, 4.69) is 34.9 Å². The van der Waals surface area contributed by atoms with Crippen LogP contribution in [0.2, 0.25) is 0 Å². The molecule has 4 rings (SSSR count). The second-order valence-electron chi connectivity index (χ2n) is 10.8. The van der Waals surface area contributed by atoms with Gasteiger partial charge in [-0.2, -0.15) is 0 Å². The first-order valence-electron chi connectivity index (χ1n) is 12.2. The molecule has 1 fully saturated rings. The van der Waals surface area contributed by atoms with Crippen LogP contribution < -0.4 is 10.6 Å². The van der Waals surface area contributed by atoms with Crippen LogP contribution in [0.15, 0.2) is 48.5 Å². The Labute approximate surface area is 206 Å². The first-order chi connectivity index (χ1) is 16.6. The van der Waals surface area contributed by atoms with E-state index in [-0.39, 0.29) is 42.2 Å². The molecule has 0 radical (unpaired) electrons. The van der Waals surface area contributed by atoms with Gasteiger partial charge in [0.05, 0.1) is 6.42 Å². The zero-order valence-electron chi connectivity index (χ0n) is 20.5. The van der Waals surface area contributed by atoms with Crippen LogP contribution in [0.1, 0.15) is 63.5 Å². The fourth-order valence-corrected chi connectivity index (χ4v) is 5.09. The van der Waals surface area contributed by atoms with E-state index in [9.17, 15) is 14.4 Å². The lowest BCUT2D eigenvalue weighted by molar-refractivity contribution is -0.138. The number of carbonyl (C=O) groups is 3. The molecule has 35 heavy (non-hydrogen) atoms. The van der Waals surface area contributed by atoms with Crippen LogP contribution in [-0.2, 0) is 14.3 Å². The average Bonchev–Trinajstić information content (AvgIpc) is 3.08. The van der Waals surface area contributed by atoms with Crippen LogP contribution in [0.5, 0.6) is 0 Å². The van der Waals surface area contributed by atoms with Gasteiger partial charge in [-0.3, -0.25) is 9.59 Å². The standard InChI is InChI=1S/C28H34N2O5/c1-28(2,3)24(15-26(32)33)30-25(31)14-17-12-18(13-17)29-27(34)35-16-23-21-10-6-4-8-19(21)20-9-5-7-11-22(20)23/h4-11,17-18,23-24H,12-16H2,1-3H3,(H,29,34)(H,30,31)(H,32,33). The Morgan fingerprint density at radius 2 is 1.57 bits per heavy atom. The van der Waals surface area contributed by atoms with Crippen LogP contribution >= 0.6 is 0 Å². The quantitative estimate of drug-likeness (QED) is 0.510. The van der Waals surface area contributed by atoms with Gasteiger partial charge in [0.15, 0.2) is 0 Å². The van der Waals surface area contributed by atoms with E-state index in [4.69, 9.17) is 9.84 Å². The third-order valence-corrected chi connectivity index (χ3v) is 7.13. The van der Waals surface area contributed by atoms with Crippen LogP contribution in [0.3, 0.4) is 0 Å². The lowest BCUT2D eigenvalue weighted by atomic mass is 9.77. The van der Waals surface area contributed by atoms with Crippen LogP contribution in [0.25, 0.3) is 11.1 Å². The number of carboxylic acids is 1. The van der Waals surface area contributed by atoms with Gasteiger partial charge < -0.3 is 20.5 Å². The molecule has 0 aliphatic heterocycles. The highest BCUT2D eigenvalue weighted by atomic mass is 16.5. The smallest absolute Gasteiger partial charge is 0.407 e. The molecule has 2 aliphatic rings. The molecular formula is C28H34N2O5. The van der Waals surface area contributed by atoms with E-state index in [1.54, 1.807) is 0 Å². The van der Waals surface area contributed by atoms with E-state index in [1.165, 1.54) is 22.3 Å². The third-order valence-electron chi connectivity index (χ3n) is 7.13. The number of rotatable bonds is 8. The molecule has 1 atom stereocenters. The van der Waals surface area contributed by atoms with Crippen LogP contribution in [0.4, 0.5) is 4.79 Å². The Bertz CT molecular complexity index is 1060. The van der Waals surface area contributed by atoms with Crippen LogP contribution in [0, 0.1) is 11.3 Å². The van der Waals surface area contributed by atoms with Crippen molar-refractivity contribution < 1.29 is 24.2 Å². The van der Waals surface area contributed by atoms with E-state index in [0.717, 1.165) is 0 Å². The predicted molar refractivity (Wildman–Crippen MR) is 133 cm³/mol. The minimum atomic E-state index is -0.929. The molecular weight excluding hydrogens is 444 g/mol. The van der Waals surface area contributed by atoms with Gasteiger partial charge in [0.2, 0.25) is 5.91 Å². The molecule has 7 nitrogen and oxygen atoms in total. The second-order valence-corrected chi connectivity index (χ2v) is 10.8. The molecule has 0 bridgehead atoms. The maximum absolute atomic E-state index is 12.4. The molecule has 2 aromatic carbocycles. The maximum atomic E-state index is 12.4. The maximum Gasteiger partial charge on any atom is 0.407 e. The predicted octanol–water partition coefficient (Wildman–Crippen LogP) is 4.70. The SMILES string of the molecule is CC(C)(C)C(CC(=O)O)NC(=O)CC1CC(NC(=O)OCC2c3ccccc3-c3ccccc32)C1. The Morgan fingerprint density at radius 3 is 2.11 bits per heavy atom. The summed E-state index contributed by atoms with van der Waals surface area (Å²) in [5.74, 6) is -0.885.